The smallest absolute Gasteiger partial charge is 0.318 e. The van der Waals surface area contributed by atoms with E-state index in [9.17, 15) is 9.59 Å². The fourth-order valence-electron chi connectivity index (χ4n) is 6.24. The van der Waals surface area contributed by atoms with E-state index >= 15 is 0 Å². The summed E-state index contributed by atoms with van der Waals surface area (Å²) in [6.45, 7) is 5.80. The third kappa shape index (κ3) is 4.73. The molecule has 1 saturated carbocycles. The molecule has 0 spiro atoms. The van der Waals surface area contributed by atoms with E-state index in [1.54, 1.807) is 0 Å². The van der Waals surface area contributed by atoms with Crippen LogP contribution >= 0.6 is 0 Å². The molecule has 0 atom stereocenters. The van der Waals surface area contributed by atoms with Gasteiger partial charge in [-0.3, -0.25) is 4.79 Å². The van der Waals surface area contributed by atoms with Crippen LogP contribution in [-0.2, 0) is 15.0 Å². The first-order valence-electron chi connectivity index (χ1n) is 13.0. The molecule has 0 aromatic heterocycles. The molecule has 2 aromatic carbocycles. The largest absolute Gasteiger partial charge is 0.331 e. The van der Waals surface area contributed by atoms with Gasteiger partial charge in [0.25, 0.3) is 0 Å². The van der Waals surface area contributed by atoms with Gasteiger partial charge in [0.15, 0.2) is 0 Å². The van der Waals surface area contributed by atoms with Crippen LogP contribution in [0.25, 0.3) is 11.1 Å². The summed E-state index contributed by atoms with van der Waals surface area (Å²) in [5.74, 6) is -0.194. The molecular formula is C30H37NO3. The first kappa shape index (κ1) is 24.4. The Kier molecular flexibility index (Phi) is 7.65. The molecule has 180 valence electrons. The third-order valence-corrected chi connectivity index (χ3v) is 7.64. The number of rotatable bonds is 9. The lowest BCUT2D eigenvalue weighted by Gasteiger charge is -2.32. The molecule has 2 aromatic rings. The van der Waals surface area contributed by atoms with Crippen molar-refractivity contribution in [2.45, 2.75) is 90.4 Å². The van der Waals surface area contributed by atoms with Gasteiger partial charge in [0.05, 0.1) is 0 Å². The summed E-state index contributed by atoms with van der Waals surface area (Å²) < 4.78 is 0. The SMILES string of the molecule is CCCC1(CCC)c2ccccc2-c2ccc(C(=O)/C(CC3CCCCC3)=N/OC(C)=O)cc21. The number of Topliss-reactive ketones (excluding diaryl/α,β-unsaturated/α-hetero) is 1. The lowest BCUT2D eigenvalue weighted by Crippen LogP contribution is -2.26. The molecule has 34 heavy (non-hydrogen) atoms. The average molecular weight is 460 g/mol. The highest BCUT2D eigenvalue weighted by Gasteiger charge is 2.42. The molecule has 1 fully saturated rings. The van der Waals surface area contributed by atoms with Crippen LogP contribution in [0.4, 0.5) is 0 Å². The predicted octanol–water partition coefficient (Wildman–Crippen LogP) is 7.63. The maximum Gasteiger partial charge on any atom is 0.331 e. The molecule has 0 unspecified atom stereocenters. The predicted molar refractivity (Wildman–Crippen MR) is 137 cm³/mol. The van der Waals surface area contributed by atoms with E-state index in [2.05, 4.69) is 55.4 Å². The number of hydrogen-bond acceptors (Lipinski definition) is 4. The van der Waals surface area contributed by atoms with E-state index in [0.717, 1.165) is 38.5 Å². The van der Waals surface area contributed by atoms with E-state index < -0.39 is 5.97 Å². The first-order valence-corrected chi connectivity index (χ1v) is 13.0. The van der Waals surface area contributed by atoms with Gasteiger partial charge in [0, 0.05) is 17.9 Å². The fourth-order valence-corrected chi connectivity index (χ4v) is 6.24. The van der Waals surface area contributed by atoms with Crippen LogP contribution in [0, 0.1) is 5.92 Å². The molecule has 0 radical (unpaired) electrons. The van der Waals surface area contributed by atoms with Crippen LogP contribution in [0.2, 0.25) is 0 Å². The van der Waals surface area contributed by atoms with Crippen LogP contribution in [0.5, 0.6) is 0 Å². The molecule has 4 rings (SSSR count). The van der Waals surface area contributed by atoms with Gasteiger partial charge in [0.2, 0.25) is 5.78 Å². The van der Waals surface area contributed by atoms with Crippen molar-refractivity contribution in [2.75, 3.05) is 0 Å². The number of benzene rings is 2. The molecule has 0 N–H and O–H groups in total. The number of carbonyl (C=O) groups is 2. The van der Waals surface area contributed by atoms with Gasteiger partial charge in [-0.2, -0.15) is 0 Å². The molecule has 2 aliphatic rings. The Hall–Kier alpha value is -2.75. The Morgan fingerprint density at radius 3 is 2.29 bits per heavy atom. The summed E-state index contributed by atoms with van der Waals surface area (Å²) in [4.78, 5) is 30.2. The van der Waals surface area contributed by atoms with Gasteiger partial charge in [-0.15, -0.1) is 0 Å². The van der Waals surface area contributed by atoms with Crippen molar-refractivity contribution in [1.82, 2.24) is 0 Å². The van der Waals surface area contributed by atoms with Crippen LogP contribution in [0.1, 0.15) is 106 Å². The van der Waals surface area contributed by atoms with Crippen molar-refractivity contribution in [1.29, 1.82) is 0 Å². The van der Waals surface area contributed by atoms with E-state index in [1.807, 2.05) is 6.07 Å². The summed E-state index contributed by atoms with van der Waals surface area (Å²) in [6, 6.07) is 14.8. The summed E-state index contributed by atoms with van der Waals surface area (Å²) in [7, 11) is 0. The van der Waals surface area contributed by atoms with Crippen molar-refractivity contribution in [3.05, 3.63) is 59.2 Å². The van der Waals surface area contributed by atoms with E-state index in [1.165, 1.54) is 48.4 Å². The third-order valence-electron chi connectivity index (χ3n) is 7.64. The average Bonchev–Trinajstić information content (AvgIpc) is 3.11. The molecule has 2 aliphatic carbocycles. The summed E-state index contributed by atoms with van der Waals surface area (Å²) >= 11 is 0. The number of oxime groups is 1. The summed E-state index contributed by atoms with van der Waals surface area (Å²) in [6.07, 6.45) is 10.7. The molecule has 0 amide bonds. The van der Waals surface area contributed by atoms with Crippen molar-refractivity contribution in [2.24, 2.45) is 11.1 Å². The Morgan fingerprint density at radius 1 is 0.941 bits per heavy atom. The van der Waals surface area contributed by atoms with Crippen LogP contribution in [0.15, 0.2) is 47.6 Å². The standard InChI is InChI=1S/C30H37NO3/c1-4-17-30(18-5-2)26-14-10-9-13-24(26)25-16-15-23(20-27(25)30)29(33)28(31-34-21(3)32)19-22-11-7-6-8-12-22/h9-10,13-16,20,22H,4-8,11-12,17-19H2,1-3H3/b31-28+. The normalized spacial score (nSPS) is 17.2. The van der Waals surface area contributed by atoms with Crippen molar-refractivity contribution < 1.29 is 14.4 Å². The number of carbonyl (C=O) groups excluding carboxylic acids is 2. The van der Waals surface area contributed by atoms with Crippen molar-refractivity contribution in [3.63, 3.8) is 0 Å². The second-order valence-corrected chi connectivity index (χ2v) is 10.0. The Morgan fingerprint density at radius 2 is 1.62 bits per heavy atom. The van der Waals surface area contributed by atoms with Crippen molar-refractivity contribution >= 4 is 17.5 Å². The van der Waals surface area contributed by atoms with Gasteiger partial charge in [-0.05, 0) is 53.5 Å². The zero-order valence-corrected chi connectivity index (χ0v) is 20.9. The van der Waals surface area contributed by atoms with Gasteiger partial charge in [0.1, 0.15) is 5.71 Å². The second-order valence-electron chi connectivity index (χ2n) is 10.0. The van der Waals surface area contributed by atoms with E-state index in [4.69, 9.17) is 4.84 Å². The number of nitrogens with zero attached hydrogens (tertiary/aromatic N) is 1. The zero-order valence-electron chi connectivity index (χ0n) is 20.9. The highest BCUT2D eigenvalue weighted by atomic mass is 16.7. The monoisotopic (exact) mass is 459 g/mol. The Labute approximate surface area is 203 Å². The second kappa shape index (κ2) is 10.7. The first-order chi connectivity index (χ1) is 16.5. The molecular weight excluding hydrogens is 422 g/mol. The van der Waals surface area contributed by atoms with Gasteiger partial charge >= 0.3 is 5.97 Å². The number of ketones is 1. The minimum absolute atomic E-state index is 0.0672. The number of hydrogen-bond donors (Lipinski definition) is 0. The Bertz CT molecular complexity index is 1070. The molecule has 0 bridgehead atoms. The quantitative estimate of drug-likeness (QED) is 0.168. The highest BCUT2D eigenvalue weighted by molar-refractivity contribution is 6.46. The zero-order chi connectivity index (χ0) is 24.1. The Balaban J connectivity index is 1.74. The van der Waals surface area contributed by atoms with Crippen LogP contribution in [0.3, 0.4) is 0 Å². The van der Waals surface area contributed by atoms with Gasteiger partial charge < -0.3 is 4.84 Å². The van der Waals surface area contributed by atoms with Crippen LogP contribution < -0.4 is 0 Å². The van der Waals surface area contributed by atoms with Gasteiger partial charge in [-0.1, -0.05) is 100 Å². The lowest BCUT2D eigenvalue weighted by molar-refractivity contribution is -0.140. The highest BCUT2D eigenvalue weighted by Crippen LogP contribution is 2.53. The fraction of sp³-hybridized carbons (Fsp3) is 0.500. The molecule has 4 nitrogen and oxygen atoms in total. The minimum atomic E-state index is -0.497. The molecule has 0 saturated heterocycles. The topological polar surface area (TPSA) is 55.7 Å². The lowest BCUT2D eigenvalue weighted by atomic mass is 9.71. The summed E-state index contributed by atoms with van der Waals surface area (Å²) in [5, 5.41) is 4.05. The molecule has 4 heteroatoms. The van der Waals surface area contributed by atoms with Crippen molar-refractivity contribution in [3.8, 4) is 11.1 Å². The van der Waals surface area contributed by atoms with E-state index in [-0.39, 0.29) is 11.2 Å². The van der Waals surface area contributed by atoms with E-state index in [0.29, 0.717) is 23.6 Å². The maximum absolute atomic E-state index is 13.7. The summed E-state index contributed by atoms with van der Waals surface area (Å²) in [5.41, 5.74) is 6.11. The minimum Gasteiger partial charge on any atom is -0.318 e. The maximum atomic E-state index is 13.7. The van der Waals surface area contributed by atoms with Gasteiger partial charge in [-0.25, -0.2) is 4.79 Å². The molecule has 0 aliphatic heterocycles. The molecule has 0 heterocycles. The van der Waals surface area contributed by atoms with Crippen LogP contribution in [-0.4, -0.2) is 17.5 Å². The number of fused-ring (bicyclic) bond motifs is 3.